The van der Waals surface area contributed by atoms with Crippen molar-refractivity contribution in [1.82, 2.24) is 10.2 Å². The highest BCUT2D eigenvalue weighted by Gasteiger charge is 2.33. The van der Waals surface area contributed by atoms with E-state index < -0.39 is 0 Å². The molecule has 0 spiro atoms. The van der Waals surface area contributed by atoms with Gasteiger partial charge in [-0.3, -0.25) is 0 Å². The van der Waals surface area contributed by atoms with Crippen molar-refractivity contribution in [1.29, 1.82) is 0 Å². The van der Waals surface area contributed by atoms with Crippen LogP contribution in [0.15, 0.2) is 24.3 Å². The lowest BCUT2D eigenvalue weighted by Gasteiger charge is -2.22. The van der Waals surface area contributed by atoms with E-state index >= 15 is 0 Å². The highest BCUT2D eigenvalue weighted by molar-refractivity contribution is 5.27. The second kappa shape index (κ2) is 6.93. The number of hydrogen-bond acceptors (Lipinski definition) is 2. The minimum atomic E-state index is 0.202. The maximum Gasteiger partial charge on any atom is 0.0233 e. The van der Waals surface area contributed by atoms with Gasteiger partial charge in [0, 0.05) is 18.6 Å². The summed E-state index contributed by atoms with van der Waals surface area (Å²) >= 11 is 0. The summed E-state index contributed by atoms with van der Waals surface area (Å²) in [5, 5.41) is 3.59. The van der Waals surface area contributed by atoms with Crippen LogP contribution in [0.3, 0.4) is 0 Å². The topological polar surface area (TPSA) is 15.3 Å². The zero-order valence-electron chi connectivity index (χ0n) is 14.4. The van der Waals surface area contributed by atoms with E-state index in [0.29, 0.717) is 0 Å². The molecule has 1 saturated carbocycles. The standard InChI is InChI=1S/C19H32N2/c1-15-12-18(15)14-21(5)13-17-9-7-6-8-16(17)10-11-20-19(2,3)4/h6-9,15,18,20H,10-14H2,1-5H3. The molecule has 0 heterocycles. The number of rotatable bonds is 7. The normalized spacial score (nSPS) is 21.8. The molecule has 2 nitrogen and oxygen atoms in total. The van der Waals surface area contributed by atoms with Gasteiger partial charge in [0.05, 0.1) is 0 Å². The van der Waals surface area contributed by atoms with Crippen LogP contribution < -0.4 is 5.32 Å². The number of hydrogen-bond donors (Lipinski definition) is 1. The van der Waals surface area contributed by atoms with Crippen LogP contribution in [0, 0.1) is 11.8 Å². The van der Waals surface area contributed by atoms with Gasteiger partial charge in [0.1, 0.15) is 0 Å². The van der Waals surface area contributed by atoms with Gasteiger partial charge in [-0.15, -0.1) is 0 Å². The first-order chi connectivity index (χ1) is 9.85. The first-order valence-corrected chi connectivity index (χ1v) is 8.35. The van der Waals surface area contributed by atoms with Gasteiger partial charge in [0.15, 0.2) is 0 Å². The Morgan fingerprint density at radius 1 is 1.19 bits per heavy atom. The Morgan fingerprint density at radius 2 is 1.81 bits per heavy atom. The first-order valence-electron chi connectivity index (χ1n) is 8.35. The molecule has 2 atom stereocenters. The summed E-state index contributed by atoms with van der Waals surface area (Å²) < 4.78 is 0. The molecular weight excluding hydrogens is 256 g/mol. The lowest BCUT2D eigenvalue weighted by atomic mass is 10.0. The number of benzene rings is 1. The van der Waals surface area contributed by atoms with Gasteiger partial charge in [0.25, 0.3) is 0 Å². The Labute approximate surface area is 130 Å². The van der Waals surface area contributed by atoms with Crippen LogP contribution in [0.4, 0.5) is 0 Å². The molecule has 0 bridgehead atoms. The van der Waals surface area contributed by atoms with E-state index in [-0.39, 0.29) is 5.54 Å². The highest BCUT2D eigenvalue weighted by atomic mass is 15.1. The van der Waals surface area contributed by atoms with E-state index in [0.717, 1.165) is 31.3 Å². The molecule has 2 heteroatoms. The summed E-state index contributed by atoms with van der Waals surface area (Å²) in [6, 6.07) is 8.91. The smallest absolute Gasteiger partial charge is 0.0233 e. The Hall–Kier alpha value is -0.860. The largest absolute Gasteiger partial charge is 0.312 e. The van der Waals surface area contributed by atoms with E-state index in [1.165, 1.54) is 24.1 Å². The molecule has 1 fully saturated rings. The van der Waals surface area contributed by atoms with Crippen LogP contribution in [0.1, 0.15) is 45.2 Å². The second-order valence-corrected chi connectivity index (χ2v) is 7.87. The van der Waals surface area contributed by atoms with Crippen molar-refractivity contribution >= 4 is 0 Å². The fourth-order valence-electron chi connectivity index (χ4n) is 2.94. The van der Waals surface area contributed by atoms with Gasteiger partial charge in [0.2, 0.25) is 0 Å². The maximum atomic E-state index is 3.59. The summed E-state index contributed by atoms with van der Waals surface area (Å²) in [4.78, 5) is 2.49. The second-order valence-electron chi connectivity index (χ2n) is 7.87. The number of nitrogens with one attached hydrogen (secondary N) is 1. The van der Waals surface area contributed by atoms with Crippen molar-refractivity contribution < 1.29 is 0 Å². The first kappa shape index (κ1) is 16.5. The molecule has 0 saturated heterocycles. The van der Waals surface area contributed by atoms with E-state index in [2.05, 4.69) is 69.2 Å². The van der Waals surface area contributed by atoms with Crippen molar-refractivity contribution in [2.45, 2.75) is 52.6 Å². The molecular formula is C19H32N2. The van der Waals surface area contributed by atoms with Crippen molar-refractivity contribution in [3.8, 4) is 0 Å². The van der Waals surface area contributed by atoms with Crippen LogP contribution in [-0.2, 0) is 13.0 Å². The summed E-state index contributed by atoms with van der Waals surface area (Å²) in [6.07, 6.45) is 2.53. The molecule has 1 aromatic carbocycles. The summed E-state index contributed by atoms with van der Waals surface area (Å²) in [5.41, 5.74) is 3.18. The Morgan fingerprint density at radius 3 is 2.38 bits per heavy atom. The fourth-order valence-corrected chi connectivity index (χ4v) is 2.94. The SMILES string of the molecule is CC1CC1CN(C)Cc1ccccc1CCNC(C)(C)C. The molecule has 2 unspecified atom stereocenters. The Bertz CT molecular complexity index is 447. The zero-order valence-corrected chi connectivity index (χ0v) is 14.4. The van der Waals surface area contributed by atoms with E-state index in [1.807, 2.05) is 0 Å². The predicted molar refractivity (Wildman–Crippen MR) is 91.5 cm³/mol. The third-order valence-electron chi connectivity index (χ3n) is 4.43. The van der Waals surface area contributed by atoms with Crippen molar-refractivity contribution in [2.75, 3.05) is 20.1 Å². The van der Waals surface area contributed by atoms with Gasteiger partial charge >= 0.3 is 0 Å². The molecule has 0 amide bonds. The van der Waals surface area contributed by atoms with Crippen LogP contribution in [-0.4, -0.2) is 30.6 Å². The summed E-state index contributed by atoms with van der Waals surface area (Å²) in [7, 11) is 2.26. The molecule has 1 aliphatic carbocycles. The monoisotopic (exact) mass is 288 g/mol. The minimum absolute atomic E-state index is 0.202. The van der Waals surface area contributed by atoms with E-state index in [4.69, 9.17) is 0 Å². The van der Waals surface area contributed by atoms with Crippen LogP contribution >= 0.6 is 0 Å². The molecule has 1 aromatic rings. The van der Waals surface area contributed by atoms with Gasteiger partial charge in [-0.05, 0) is 70.2 Å². The summed E-state index contributed by atoms with van der Waals surface area (Å²) in [6.45, 7) is 12.4. The van der Waals surface area contributed by atoms with Crippen molar-refractivity contribution in [2.24, 2.45) is 11.8 Å². The molecule has 2 rings (SSSR count). The maximum absolute atomic E-state index is 3.59. The lowest BCUT2D eigenvalue weighted by molar-refractivity contribution is 0.306. The third-order valence-corrected chi connectivity index (χ3v) is 4.43. The molecule has 0 aromatic heterocycles. The summed E-state index contributed by atoms with van der Waals surface area (Å²) in [5.74, 6) is 1.88. The molecule has 1 aliphatic rings. The molecule has 1 N–H and O–H groups in total. The zero-order chi connectivity index (χ0) is 15.5. The van der Waals surface area contributed by atoms with Gasteiger partial charge in [-0.25, -0.2) is 0 Å². The molecule has 0 radical (unpaired) electrons. The van der Waals surface area contributed by atoms with Crippen molar-refractivity contribution in [3.05, 3.63) is 35.4 Å². The van der Waals surface area contributed by atoms with Gasteiger partial charge < -0.3 is 10.2 Å². The predicted octanol–water partition coefficient (Wildman–Crippen LogP) is 3.71. The van der Waals surface area contributed by atoms with Crippen LogP contribution in [0.2, 0.25) is 0 Å². The van der Waals surface area contributed by atoms with Crippen LogP contribution in [0.25, 0.3) is 0 Å². The quantitative estimate of drug-likeness (QED) is 0.823. The Balaban J connectivity index is 1.87. The molecule has 118 valence electrons. The highest BCUT2D eigenvalue weighted by Crippen LogP contribution is 2.38. The Kier molecular flexibility index (Phi) is 5.45. The average Bonchev–Trinajstić information content (AvgIpc) is 3.05. The number of nitrogens with zero attached hydrogens (tertiary/aromatic N) is 1. The van der Waals surface area contributed by atoms with Crippen LogP contribution in [0.5, 0.6) is 0 Å². The third kappa shape index (κ3) is 5.80. The van der Waals surface area contributed by atoms with E-state index in [1.54, 1.807) is 0 Å². The fraction of sp³-hybridized carbons (Fsp3) is 0.684. The average molecular weight is 288 g/mol. The minimum Gasteiger partial charge on any atom is -0.312 e. The molecule has 0 aliphatic heterocycles. The van der Waals surface area contributed by atoms with Crippen molar-refractivity contribution in [3.63, 3.8) is 0 Å². The van der Waals surface area contributed by atoms with E-state index in [9.17, 15) is 0 Å². The molecule has 21 heavy (non-hydrogen) atoms. The lowest BCUT2D eigenvalue weighted by Crippen LogP contribution is -2.37. The van der Waals surface area contributed by atoms with Gasteiger partial charge in [-0.1, -0.05) is 31.2 Å². The van der Waals surface area contributed by atoms with Gasteiger partial charge in [-0.2, -0.15) is 0 Å².